The van der Waals surface area contributed by atoms with Gasteiger partial charge in [0.1, 0.15) is 5.69 Å². The molecule has 0 aliphatic carbocycles. The Labute approximate surface area is 90.7 Å². The lowest BCUT2D eigenvalue weighted by atomic mass is 10.0. The van der Waals surface area contributed by atoms with E-state index in [1.165, 1.54) is 12.3 Å². The molecule has 2 aromatic rings. The third-order valence-corrected chi connectivity index (χ3v) is 2.30. The van der Waals surface area contributed by atoms with Gasteiger partial charge in [0, 0.05) is 0 Å². The van der Waals surface area contributed by atoms with E-state index >= 15 is 0 Å². The van der Waals surface area contributed by atoms with Crippen molar-refractivity contribution in [2.24, 2.45) is 0 Å². The average Bonchev–Trinajstić information content (AvgIpc) is 2.78. The minimum atomic E-state index is -0.874. The molecule has 6 heteroatoms. The molecule has 0 fully saturated rings. The molecule has 84 valence electrons. The topological polar surface area (TPSA) is 53.6 Å². The summed E-state index contributed by atoms with van der Waals surface area (Å²) in [6.45, 7) is 0. The summed E-state index contributed by atoms with van der Waals surface area (Å²) >= 11 is 0. The fourth-order valence-corrected chi connectivity index (χ4v) is 1.53. The number of hydrogen-bond donors (Lipinski definition) is 2. The fraction of sp³-hybridized carbons (Fsp3) is 0.200. The van der Waals surface area contributed by atoms with E-state index in [-0.39, 0.29) is 6.04 Å². The largest absolute Gasteiger partial charge is 0.308 e. The molecule has 0 aliphatic heterocycles. The molecule has 0 bridgehead atoms. The summed E-state index contributed by atoms with van der Waals surface area (Å²) in [5.74, 6) is -1.74. The van der Waals surface area contributed by atoms with Crippen molar-refractivity contribution in [1.29, 1.82) is 0 Å². The lowest BCUT2D eigenvalue weighted by Crippen LogP contribution is -2.18. The molecule has 2 rings (SSSR count). The Morgan fingerprint density at radius 1 is 1.31 bits per heavy atom. The zero-order valence-electron chi connectivity index (χ0n) is 8.54. The molecule has 0 spiro atoms. The molecule has 0 radical (unpaired) electrons. The number of hydrogen-bond acceptors (Lipinski definition) is 3. The van der Waals surface area contributed by atoms with E-state index in [1.54, 1.807) is 7.05 Å². The van der Waals surface area contributed by atoms with Gasteiger partial charge in [0.2, 0.25) is 0 Å². The number of aromatic amines is 1. The Hall–Kier alpha value is -1.82. The minimum Gasteiger partial charge on any atom is -0.308 e. The molecule has 0 saturated heterocycles. The maximum atomic E-state index is 13.1. The summed E-state index contributed by atoms with van der Waals surface area (Å²) < 4.78 is 25.8. The SMILES string of the molecule is CNC(c1ccc(F)c(F)c1)c1cn[nH]n1. The summed E-state index contributed by atoms with van der Waals surface area (Å²) in [6, 6.07) is 3.43. The lowest BCUT2D eigenvalue weighted by Gasteiger charge is -2.13. The zero-order chi connectivity index (χ0) is 11.5. The van der Waals surface area contributed by atoms with Crippen LogP contribution in [0.15, 0.2) is 24.4 Å². The van der Waals surface area contributed by atoms with Crippen molar-refractivity contribution in [3.8, 4) is 0 Å². The van der Waals surface area contributed by atoms with E-state index in [0.717, 1.165) is 12.1 Å². The summed E-state index contributed by atoms with van der Waals surface area (Å²) in [5, 5.41) is 13.0. The van der Waals surface area contributed by atoms with Crippen LogP contribution >= 0.6 is 0 Å². The van der Waals surface area contributed by atoms with Crippen LogP contribution in [0.4, 0.5) is 8.78 Å². The quantitative estimate of drug-likeness (QED) is 0.828. The number of aromatic nitrogens is 3. The maximum Gasteiger partial charge on any atom is 0.159 e. The first kappa shape index (κ1) is 10.7. The molecular weight excluding hydrogens is 214 g/mol. The van der Waals surface area contributed by atoms with Gasteiger partial charge in [-0.2, -0.15) is 15.4 Å². The van der Waals surface area contributed by atoms with Gasteiger partial charge in [0.25, 0.3) is 0 Å². The molecule has 1 atom stereocenters. The zero-order valence-corrected chi connectivity index (χ0v) is 8.54. The van der Waals surface area contributed by atoms with Gasteiger partial charge in [-0.05, 0) is 24.7 Å². The Balaban J connectivity index is 2.37. The Morgan fingerprint density at radius 3 is 2.69 bits per heavy atom. The van der Waals surface area contributed by atoms with Crippen LogP contribution in [0.5, 0.6) is 0 Å². The Bertz CT molecular complexity index is 470. The van der Waals surface area contributed by atoms with Crippen LogP contribution in [0.25, 0.3) is 0 Å². The Kier molecular flexibility index (Phi) is 2.91. The molecule has 1 aromatic carbocycles. The monoisotopic (exact) mass is 224 g/mol. The first-order valence-corrected chi connectivity index (χ1v) is 4.70. The third-order valence-electron chi connectivity index (χ3n) is 2.30. The predicted molar refractivity (Wildman–Crippen MR) is 53.6 cm³/mol. The van der Waals surface area contributed by atoms with Crippen LogP contribution in [0, 0.1) is 11.6 Å². The van der Waals surface area contributed by atoms with Crippen molar-refractivity contribution >= 4 is 0 Å². The summed E-state index contributed by atoms with van der Waals surface area (Å²) in [4.78, 5) is 0. The second-order valence-electron chi connectivity index (χ2n) is 3.29. The van der Waals surface area contributed by atoms with Crippen LogP contribution in [-0.4, -0.2) is 22.5 Å². The van der Waals surface area contributed by atoms with Gasteiger partial charge in [-0.25, -0.2) is 8.78 Å². The van der Waals surface area contributed by atoms with E-state index in [9.17, 15) is 8.78 Å². The summed E-state index contributed by atoms with van der Waals surface area (Å²) in [7, 11) is 1.71. The average molecular weight is 224 g/mol. The van der Waals surface area contributed by atoms with E-state index in [1.807, 2.05) is 0 Å². The van der Waals surface area contributed by atoms with E-state index in [2.05, 4.69) is 20.7 Å². The second-order valence-corrected chi connectivity index (χ2v) is 3.29. The lowest BCUT2D eigenvalue weighted by molar-refractivity contribution is 0.504. The number of benzene rings is 1. The van der Waals surface area contributed by atoms with Crippen molar-refractivity contribution < 1.29 is 8.78 Å². The molecule has 16 heavy (non-hydrogen) atoms. The number of nitrogens with one attached hydrogen (secondary N) is 2. The molecule has 0 saturated carbocycles. The van der Waals surface area contributed by atoms with Crippen molar-refractivity contribution in [2.45, 2.75) is 6.04 Å². The van der Waals surface area contributed by atoms with E-state index < -0.39 is 11.6 Å². The van der Waals surface area contributed by atoms with Gasteiger partial charge in [-0.1, -0.05) is 6.07 Å². The minimum absolute atomic E-state index is 0.311. The number of H-pyrrole nitrogens is 1. The van der Waals surface area contributed by atoms with Gasteiger partial charge < -0.3 is 5.32 Å². The summed E-state index contributed by atoms with van der Waals surface area (Å²) in [5.41, 5.74) is 1.21. The molecule has 1 unspecified atom stereocenters. The van der Waals surface area contributed by atoms with Gasteiger partial charge in [-0.15, -0.1) is 0 Å². The standard InChI is InChI=1S/C10H10F2N4/c1-13-10(9-5-14-16-15-9)6-2-3-7(11)8(12)4-6/h2-5,10,13H,1H3,(H,14,15,16). The van der Waals surface area contributed by atoms with E-state index in [4.69, 9.17) is 0 Å². The van der Waals surface area contributed by atoms with Crippen LogP contribution in [0.1, 0.15) is 17.3 Å². The summed E-state index contributed by atoms with van der Waals surface area (Å²) in [6.07, 6.45) is 1.53. The first-order chi connectivity index (χ1) is 7.72. The molecule has 1 aromatic heterocycles. The van der Waals surface area contributed by atoms with Gasteiger partial charge >= 0.3 is 0 Å². The van der Waals surface area contributed by atoms with Crippen LogP contribution in [0.3, 0.4) is 0 Å². The Morgan fingerprint density at radius 2 is 2.12 bits per heavy atom. The normalized spacial score (nSPS) is 12.7. The molecule has 0 aliphatic rings. The van der Waals surface area contributed by atoms with Crippen molar-refractivity contribution in [3.63, 3.8) is 0 Å². The van der Waals surface area contributed by atoms with E-state index in [0.29, 0.717) is 11.3 Å². The predicted octanol–water partition coefficient (Wildman–Crippen LogP) is 1.39. The van der Waals surface area contributed by atoms with Crippen molar-refractivity contribution in [1.82, 2.24) is 20.7 Å². The van der Waals surface area contributed by atoms with Gasteiger partial charge in [0.15, 0.2) is 11.6 Å². The molecular formula is C10H10F2N4. The molecule has 1 heterocycles. The first-order valence-electron chi connectivity index (χ1n) is 4.70. The molecule has 2 N–H and O–H groups in total. The fourth-order valence-electron chi connectivity index (χ4n) is 1.53. The maximum absolute atomic E-state index is 13.1. The number of rotatable bonds is 3. The van der Waals surface area contributed by atoms with Crippen molar-refractivity contribution in [3.05, 3.63) is 47.3 Å². The smallest absolute Gasteiger partial charge is 0.159 e. The highest BCUT2D eigenvalue weighted by Gasteiger charge is 2.16. The van der Waals surface area contributed by atoms with Crippen LogP contribution in [0.2, 0.25) is 0 Å². The van der Waals surface area contributed by atoms with Gasteiger partial charge in [0.05, 0.1) is 12.2 Å². The van der Waals surface area contributed by atoms with Crippen LogP contribution in [-0.2, 0) is 0 Å². The highest BCUT2D eigenvalue weighted by atomic mass is 19.2. The highest BCUT2D eigenvalue weighted by molar-refractivity contribution is 5.27. The van der Waals surface area contributed by atoms with Crippen molar-refractivity contribution in [2.75, 3.05) is 7.05 Å². The van der Waals surface area contributed by atoms with Gasteiger partial charge in [-0.3, -0.25) is 0 Å². The highest BCUT2D eigenvalue weighted by Crippen LogP contribution is 2.20. The second kappa shape index (κ2) is 4.36. The number of halogens is 2. The number of nitrogens with zero attached hydrogens (tertiary/aromatic N) is 2. The van der Waals surface area contributed by atoms with Crippen LogP contribution < -0.4 is 5.32 Å². The molecule has 0 amide bonds. The molecule has 4 nitrogen and oxygen atoms in total. The third kappa shape index (κ3) is 1.92.